The number of aromatic hydroxyl groups is 1. The average Bonchev–Trinajstić information content (AvgIpc) is 3.22. The molecule has 0 radical (unpaired) electrons. The number of rotatable bonds is 11. The van der Waals surface area contributed by atoms with Crippen LogP contribution in [0.25, 0.3) is 0 Å². The Balaban J connectivity index is 1.53. The van der Waals surface area contributed by atoms with Gasteiger partial charge in [0.2, 0.25) is 15.9 Å². The summed E-state index contributed by atoms with van der Waals surface area (Å²) in [6.45, 7) is 6.37. The fraction of sp³-hybridized carbons (Fsp3) is 0.360. The van der Waals surface area contributed by atoms with Crippen molar-refractivity contribution in [2.24, 2.45) is 0 Å². The molecule has 36 heavy (non-hydrogen) atoms. The lowest BCUT2D eigenvalue weighted by Crippen LogP contribution is -2.34. The Bertz CT molecular complexity index is 1290. The monoisotopic (exact) mass is 532 g/mol. The highest BCUT2D eigenvalue weighted by Crippen LogP contribution is 2.29. The van der Waals surface area contributed by atoms with E-state index in [9.17, 15) is 23.4 Å². The van der Waals surface area contributed by atoms with Gasteiger partial charge in [0.15, 0.2) is 0 Å². The minimum absolute atomic E-state index is 0.0171. The number of thiazole rings is 1. The Labute approximate surface area is 215 Å². The number of anilines is 2. The molecule has 1 aromatic heterocycles. The second-order valence-corrected chi connectivity index (χ2v) is 11.7. The molecule has 0 aliphatic heterocycles. The van der Waals surface area contributed by atoms with E-state index in [1.54, 1.807) is 6.07 Å². The maximum atomic E-state index is 12.2. The number of phenolic OH excluding ortho intramolecular Hbond substituents is 1. The normalized spacial score (nSPS) is 14.1. The van der Waals surface area contributed by atoms with Crippen LogP contribution in [0.4, 0.5) is 11.4 Å². The van der Waals surface area contributed by atoms with Gasteiger partial charge < -0.3 is 20.8 Å². The predicted octanol–water partition coefficient (Wildman–Crippen LogP) is 3.53. The lowest BCUT2D eigenvalue weighted by atomic mass is 9.98. The molecule has 1 heterocycles. The summed E-state index contributed by atoms with van der Waals surface area (Å²) >= 11 is 1.52. The van der Waals surface area contributed by atoms with Gasteiger partial charge in [-0.2, -0.15) is 0 Å². The average molecular weight is 533 g/mol. The molecule has 194 valence electrons. The summed E-state index contributed by atoms with van der Waals surface area (Å²) in [5.41, 5.74) is 3.04. The summed E-state index contributed by atoms with van der Waals surface area (Å²) in [7, 11) is -3.57. The number of carbonyl (C=O) groups excluding carboxylic acids is 1. The number of aliphatic hydroxyl groups is 1. The van der Waals surface area contributed by atoms with E-state index in [4.69, 9.17) is 0 Å². The summed E-state index contributed by atoms with van der Waals surface area (Å²) < 4.78 is 25.3. The summed E-state index contributed by atoms with van der Waals surface area (Å²) in [5.74, 6) is -0.206. The summed E-state index contributed by atoms with van der Waals surface area (Å²) in [6, 6.07) is 11.6. The van der Waals surface area contributed by atoms with Gasteiger partial charge in [0.1, 0.15) is 5.75 Å². The molecular formula is C25H32N4O5S2. The van der Waals surface area contributed by atoms with E-state index in [0.29, 0.717) is 17.8 Å². The maximum Gasteiger partial charge on any atom is 0.230 e. The summed E-state index contributed by atoms with van der Waals surface area (Å²) in [4.78, 5) is 16.6. The van der Waals surface area contributed by atoms with Gasteiger partial charge in [-0.15, -0.1) is 11.3 Å². The van der Waals surface area contributed by atoms with Crippen molar-refractivity contribution in [3.63, 3.8) is 0 Å². The Kier molecular flexibility index (Phi) is 9.07. The molecule has 0 spiro atoms. The number of benzene rings is 2. The number of aryl methyl sites for hydroxylation is 1. The molecule has 3 rings (SSSR count). The lowest BCUT2D eigenvalue weighted by Gasteiger charge is -2.23. The quantitative estimate of drug-likeness (QED) is 0.238. The van der Waals surface area contributed by atoms with Crippen LogP contribution >= 0.6 is 11.3 Å². The van der Waals surface area contributed by atoms with Gasteiger partial charge in [0.25, 0.3) is 0 Å². The maximum absolute atomic E-state index is 12.2. The van der Waals surface area contributed by atoms with E-state index < -0.39 is 16.1 Å². The van der Waals surface area contributed by atoms with Crippen molar-refractivity contribution in [2.45, 2.75) is 45.3 Å². The van der Waals surface area contributed by atoms with E-state index in [0.717, 1.165) is 22.5 Å². The van der Waals surface area contributed by atoms with Crippen molar-refractivity contribution >= 4 is 38.6 Å². The molecule has 0 aliphatic rings. The van der Waals surface area contributed by atoms with Crippen LogP contribution in [0.1, 0.15) is 47.7 Å². The van der Waals surface area contributed by atoms with Crippen molar-refractivity contribution < 1.29 is 23.4 Å². The predicted molar refractivity (Wildman–Crippen MR) is 143 cm³/mol. The largest absolute Gasteiger partial charge is 0.506 e. The highest BCUT2D eigenvalue weighted by molar-refractivity contribution is 7.92. The minimum Gasteiger partial charge on any atom is -0.506 e. The van der Waals surface area contributed by atoms with E-state index in [2.05, 4.69) is 27.3 Å². The third-order valence-electron chi connectivity index (χ3n) is 5.65. The number of nitrogens with zero attached hydrogens (tertiary/aromatic N) is 1. The molecule has 0 aliphatic carbocycles. The number of carbonyl (C=O) groups is 1. The molecule has 2 aromatic carbocycles. The first-order chi connectivity index (χ1) is 16.9. The Morgan fingerprint density at radius 1 is 1.11 bits per heavy atom. The van der Waals surface area contributed by atoms with E-state index in [-0.39, 0.29) is 35.7 Å². The van der Waals surface area contributed by atoms with Crippen molar-refractivity contribution in [2.75, 3.05) is 22.8 Å². The first kappa shape index (κ1) is 27.6. The molecule has 0 saturated carbocycles. The highest BCUT2D eigenvalue weighted by Gasteiger charge is 2.19. The number of phenols is 1. The van der Waals surface area contributed by atoms with Crippen LogP contribution in [-0.2, 0) is 21.2 Å². The number of aliphatic hydroxyl groups excluding tert-OH is 1. The molecule has 3 aromatic rings. The molecule has 0 fully saturated rings. The first-order valence-corrected chi connectivity index (χ1v) is 14.2. The first-order valence-electron chi connectivity index (χ1n) is 11.4. The fourth-order valence-electron chi connectivity index (χ4n) is 3.65. The van der Waals surface area contributed by atoms with Crippen LogP contribution in [0.3, 0.4) is 0 Å². The number of hydrogen-bond donors (Lipinski definition) is 5. The topological polar surface area (TPSA) is 141 Å². The summed E-state index contributed by atoms with van der Waals surface area (Å²) in [6.07, 6.45) is 0.307. The van der Waals surface area contributed by atoms with Gasteiger partial charge >= 0.3 is 0 Å². The van der Waals surface area contributed by atoms with E-state index in [1.807, 2.05) is 43.5 Å². The summed E-state index contributed by atoms with van der Waals surface area (Å²) in [5, 5.41) is 29.7. The number of amides is 1. The zero-order valence-electron chi connectivity index (χ0n) is 20.6. The molecule has 3 unspecified atom stereocenters. The standard InChI is InChI=1S/C25H32N4O5S2/c1-15(18-5-8-20(9-6-18)28-24(31)12-21-14-35-17(3)27-21)13-26-16(2)25(32)19-7-10-23(30)22(11-19)29-36(4,33)34/h5-11,14-16,25-26,29-30,32H,12-13H2,1-4H3,(H,28,31). The van der Waals surface area contributed by atoms with Gasteiger partial charge in [-0.3, -0.25) is 9.52 Å². The minimum atomic E-state index is -3.57. The van der Waals surface area contributed by atoms with Gasteiger partial charge in [0.05, 0.1) is 35.2 Å². The molecule has 3 atom stereocenters. The fourth-order valence-corrected chi connectivity index (χ4v) is 4.83. The molecule has 0 bridgehead atoms. The molecule has 5 N–H and O–H groups in total. The zero-order chi connectivity index (χ0) is 26.5. The smallest absolute Gasteiger partial charge is 0.230 e. The van der Waals surface area contributed by atoms with Crippen molar-refractivity contribution in [1.82, 2.24) is 10.3 Å². The number of aromatic nitrogens is 1. The van der Waals surface area contributed by atoms with Gasteiger partial charge in [-0.1, -0.05) is 25.1 Å². The Morgan fingerprint density at radius 3 is 2.39 bits per heavy atom. The Hall–Kier alpha value is -2.99. The van der Waals surface area contributed by atoms with Crippen LogP contribution < -0.4 is 15.4 Å². The highest BCUT2D eigenvalue weighted by atomic mass is 32.2. The molecule has 11 heteroatoms. The van der Waals surface area contributed by atoms with Crippen molar-refractivity contribution in [1.29, 1.82) is 0 Å². The van der Waals surface area contributed by atoms with Gasteiger partial charge in [0, 0.05) is 23.7 Å². The van der Waals surface area contributed by atoms with E-state index >= 15 is 0 Å². The third-order valence-corrected chi connectivity index (χ3v) is 7.06. The lowest BCUT2D eigenvalue weighted by molar-refractivity contribution is -0.115. The van der Waals surface area contributed by atoms with Gasteiger partial charge in [-0.25, -0.2) is 13.4 Å². The van der Waals surface area contributed by atoms with Crippen LogP contribution in [0.5, 0.6) is 5.75 Å². The second-order valence-electron chi connectivity index (χ2n) is 8.90. The van der Waals surface area contributed by atoms with Crippen molar-refractivity contribution in [3.8, 4) is 5.75 Å². The number of hydrogen-bond acceptors (Lipinski definition) is 8. The van der Waals surface area contributed by atoms with E-state index in [1.165, 1.54) is 23.5 Å². The number of nitrogens with one attached hydrogen (secondary N) is 3. The van der Waals surface area contributed by atoms with Crippen LogP contribution in [-0.4, -0.2) is 48.4 Å². The number of sulfonamides is 1. The second kappa shape index (κ2) is 11.8. The van der Waals surface area contributed by atoms with Gasteiger partial charge in [-0.05, 0) is 55.2 Å². The van der Waals surface area contributed by atoms with Crippen LogP contribution in [0.2, 0.25) is 0 Å². The molecular weight excluding hydrogens is 500 g/mol. The SMILES string of the molecule is Cc1nc(CC(=O)Nc2ccc(C(C)CNC(C)C(O)c3ccc(O)c(NS(C)(=O)=O)c3)cc2)cs1. The molecule has 0 saturated heterocycles. The van der Waals surface area contributed by atoms with Crippen LogP contribution in [0.15, 0.2) is 47.8 Å². The van der Waals surface area contributed by atoms with Crippen molar-refractivity contribution in [3.05, 3.63) is 69.7 Å². The zero-order valence-corrected chi connectivity index (χ0v) is 22.3. The molecule has 9 nitrogen and oxygen atoms in total. The van der Waals surface area contributed by atoms with Crippen LogP contribution in [0, 0.1) is 6.92 Å². The third kappa shape index (κ3) is 8.02. The Morgan fingerprint density at radius 2 is 1.78 bits per heavy atom. The molecule has 1 amide bonds.